The minimum Gasteiger partial charge on any atom is -0.325 e. The highest BCUT2D eigenvalue weighted by Crippen LogP contribution is 2.22. The average molecular weight is 219 g/mol. The molecule has 16 heavy (non-hydrogen) atoms. The third-order valence-electron chi connectivity index (χ3n) is 3.32. The van der Waals surface area contributed by atoms with Crippen LogP contribution in [0.3, 0.4) is 0 Å². The number of hydrogen-bond acceptors (Lipinski definition) is 1. The van der Waals surface area contributed by atoms with Crippen molar-refractivity contribution in [2.45, 2.75) is 52.0 Å². The van der Waals surface area contributed by atoms with Crippen molar-refractivity contribution in [3.8, 4) is 0 Å². The van der Waals surface area contributed by atoms with Gasteiger partial charge >= 0.3 is 0 Å². The molecular weight excluding hydrogens is 194 g/mol. The second-order valence-electron chi connectivity index (χ2n) is 5.31. The molecule has 0 spiro atoms. The summed E-state index contributed by atoms with van der Waals surface area (Å²) in [6.45, 7) is 6.72. The maximum absolute atomic E-state index is 6.48. The van der Waals surface area contributed by atoms with E-state index in [2.05, 4.69) is 51.1 Å². The summed E-state index contributed by atoms with van der Waals surface area (Å²) in [5, 5.41) is 0. The molecule has 0 saturated carbocycles. The fourth-order valence-electron chi connectivity index (χ4n) is 1.97. The molecule has 1 heteroatoms. The average Bonchev–Trinajstić information content (AvgIpc) is 2.28. The molecule has 0 bridgehead atoms. The van der Waals surface area contributed by atoms with Crippen molar-refractivity contribution in [1.29, 1.82) is 0 Å². The predicted octanol–water partition coefficient (Wildman–Crippen LogP) is 3.77. The van der Waals surface area contributed by atoms with E-state index in [1.807, 2.05) is 0 Å². The van der Waals surface area contributed by atoms with Gasteiger partial charge in [-0.3, -0.25) is 0 Å². The Kier molecular flexibility index (Phi) is 5.01. The van der Waals surface area contributed by atoms with Gasteiger partial charge in [-0.2, -0.15) is 0 Å². The molecule has 0 aliphatic carbocycles. The second kappa shape index (κ2) is 6.05. The molecular formula is C15H25N. The Morgan fingerprint density at radius 2 is 1.81 bits per heavy atom. The first-order valence-corrected chi connectivity index (χ1v) is 6.38. The molecule has 0 radical (unpaired) electrons. The molecule has 1 aromatic rings. The second-order valence-corrected chi connectivity index (χ2v) is 5.31. The van der Waals surface area contributed by atoms with Crippen molar-refractivity contribution in [1.82, 2.24) is 0 Å². The fraction of sp³-hybridized carbons (Fsp3) is 0.600. The maximum atomic E-state index is 6.48. The zero-order valence-electron chi connectivity index (χ0n) is 10.9. The number of nitrogens with two attached hydrogens (primary N) is 1. The smallest absolute Gasteiger partial charge is 0.0192 e. The molecule has 0 aliphatic heterocycles. The van der Waals surface area contributed by atoms with E-state index in [4.69, 9.17) is 5.73 Å². The van der Waals surface area contributed by atoms with E-state index in [1.165, 1.54) is 12.0 Å². The molecule has 0 heterocycles. The molecule has 1 rings (SSSR count). The highest BCUT2D eigenvalue weighted by molar-refractivity contribution is 5.17. The van der Waals surface area contributed by atoms with Gasteiger partial charge in [0, 0.05) is 5.54 Å². The molecule has 1 nitrogen and oxygen atoms in total. The first kappa shape index (κ1) is 13.2. The van der Waals surface area contributed by atoms with Crippen molar-refractivity contribution in [2.24, 2.45) is 11.7 Å². The fourth-order valence-corrected chi connectivity index (χ4v) is 1.97. The Bertz CT molecular complexity index is 292. The van der Waals surface area contributed by atoms with Crippen molar-refractivity contribution in [2.75, 3.05) is 0 Å². The predicted molar refractivity (Wildman–Crippen MR) is 71.4 cm³/mol. The standard InChI is InChI=1S/C15H25N/c1-4-15(16,11-10-13(2)3)12-14-8-6-5-7-9-14/h5-9,13H,4,10-12,16H2,1-3H3. The Morgan fingerprint density at radius 3 is 2.31 bits per heavy atom. The van der Waals surface area contributed by atoms with Gasteiger partial charge in [0.15, 0.2) is 0 Å². The molecule has 0 amide bonds. The van der Waals surface area contributed by atoms with Gasteiger partial charge in [-0.15, -0.1) is 0 Å². The van der Waals surface area contributed by atoms with Crippen LogP contribution >= 0.6 is 0 Å². The lowest BCUT2D eigenvalue weighted by atomic mass is 9.83. The van der Waals surface area contributed by atoms with E-state index in [1.54, 1.807) is 0 Å². The Balaban J connectivity index is 2.59. The molecule has 2 N–H and O–H groups in total. The van der Waals surface area contributed by atoms with Crippen LogP contribution in [-0.4, -0.2) is 5.54 Å². The minimum absolute atomic E-state index is 0.0222. The molecule has 0 saturated heterocycles. The summed E-state index contributed by atoms with van der Waals surface area (Å²) in [5.74, 6) is 0.741. The summed E-state index contributed by atoms with van der Waals surface area (Å²) in [5.41, 5.74) is 7.81. The summed E-state index contributed by atoms with van der Waals surface area (Å²) in [6, 6.07) is 10.6. The summed E-state index contributed by atoms with van der Waals surface area (Å²) in [6.07, 6.45) is 4.39. The molecule has 1 unspecified atom stereocenters. The third kappa shape index (κ3) is 4.36. The van der Waals surface area contributed by atoms with Gasteiger partial charge in [0.2, 0.25) is 0 Å². The molecule has 1 atom stereocenters. The van der Waals surface area contributed by atoms with Gasteiger partial charge in [-0.1, -0.05) is 51.1 Å². The topological polar surface area (TPSA) is 26.0 Å². The van der Waals surface area contributed by atoms with Crippen molar-refractivity contribution in [3.63, 3.8) is 0 Å². The molecule has 0 fully saturated rings. The first-order valence-electron chi connectivity index (χ1n) is 6.38. The van der Waals surface area contributed by atoms with Crippen LogP contribution in [0.4, 0.5) is 0 Å². The molecule has 90 valence electrons. The monoisotopic (exact) mass is 219 g/mol. The van der Waals surface area contributed by atoms with E-state index in [0.29, 0.717) is 0 Å². The Labute approximate surface area is 100 Å². The quantitative estimate of drug-likeness (QED) is 0.774. The lowest BCUT2D eigenvalue weighted by Crippen LogP contribution is -2.41. The maximum Gasteiger partial charge on any atom is 0.0192 e. The van der Waals surface area contributed by atoms with Crippen LogP contribution in [-0.2, 0) is 6.42 Å². The summed E-state index contributed by atoms with van der Waals surface area (Å²) in [4.78, 5) is 0. The SMILES string of the molecule is CCC(N)(CCC(C)C)Cc1ccccc1. The van der Waals surface area contributed by atoms with Crippen LogP contribution in [0.5, 0.6) is 0 Å². The Hall–Kier alpha value is -0.820. The van der Waals surface area contributed by atoms with Gasteiger partial charge in [-0.25, -0.2) is 0 Å². The zero-order valence-corrected chi connectivity index (χ0v) is 10.9. The molecule has 0 aromatic heterocycles. The van der Waals surface area contributed by atoms with Gasteiger partial charge in [0.1, 0.15) is 0 Å². The summed E-state index contributed by atoms with van der Waals surface area (Å²) >= 11 is 0. The first-order chi connectivity index (χ1) is 7.56. The number of benzene rings is 1. The van der Waals surface area contributed by atoms with E-state index in [-0.39, 0.29) is 5.54 Å². The van der Waals surface area contributed by atoms with E-state index < -0.39 is 0 Å². The minimum atomic E-state index is -0.0222. The third-order valence-corrected chi connectivity index (χ3v) is 3.32. The van der Waals surface area contributed by atoms with Crippen LogP contribution < -0.4 is 5.73 Å². The summed E-state index contributed by atoms with van der Waals surface area (Å²) in [7, 11) is 0. The Morgan fingerprint density at radius 1 is 1.19 bits per heavy atom. The number of hydrogen-bond donors (Lipinski definition) is 1. The van der Waals surface area contributed by atoms with Crippen molar-refractivity contribution >= 4 is 0 Å². The van der Waals surface area contributed by atoms with Gasteiger partial charge in [-0.05, 0) is 37.2 Å². The van der Waals surface area contributed by atoms with Crippen molar-refractivity contribution < 1.29 is 0 Å². The zero-order chi connectivity index (χ0) is 12.0. The van der Waals surface area contributed by atoms with E-state index in [9.17, 15) is 0 Å². The van der Waals surface area contributed by atoms with E-state index in [0.717, 1.165) is 25.2 Å². The highest BCUT2D eigenvalue weighted by atomic mass is 14.7. The van der Waals surface area contributed by atoms with Gasteiger partial charge in [0.05, 0.1) is 0 Å². The van der Waals surface area contributed by atoms with Crippen LogP contribution in [0, 0.1) is 5.92 Å². The molecule has 0 aliphatic rings. The van der Waals surface area contributed by atoms with Crippen LogP contribution in [0.2, 0.25) is 0 Å². The van der Waals surface area contributed by atoms with Crippen molar-refractivity contribution in [3.05, 3.63) is 35.9 Å². The lowest BCUT2D eigenvalue weighted by molar-refractivity contribution is 0.343. The normalized spacial score (nSPS) is 15.1. The van der Waals surface area contributed by atoms with Crippen LogP contribution in [0.25, 0.3) is 0 Å². The van der Waals surface area contributed by atoms with Gasteiger partial charge in [0.25, 0.3) is 0 Å². The largest absolute Gasteiger partial charge is 0.325 e. The molecule has 1 aromatic carbocycles. The van der Waals surface area contributed by atoms with Crippen LogP contribution in [0.1, 0.15) is 45.6 Å². The lowest BCUT2D eigenvalue weighted by Gasteiger charge is -2.29. The van der Waals surface area contributed by atoms with Gasteiger partial charge < -0.3 is 5.73 Å². The summed E-state index contributed by atoms with van der Waals surface area (Å²) < 4.78 is 0. The highest BCUT2D eigenvalue weighted by Gasteiger charge is 2.22. The van der Waals surface area contributed by atoms with E-state index >= 15 is 0 Å². The van der Waals surface area contributed by atoms with Crippen LogP contribution in [0.15, 0.2) is 30.3 Å². The number of rotatable bonds is 6.